The van der Waals surface area contributed by atoms with Crippen molar-refractivity contribution in [2.24, 2.45) is 5.10 Å². The summed E-state index contributed by atoms with van der Waals surface area (Å²) in [6.45, 7) is 7.46. The third-order valence-electron chi connectivity index (χ3n) is 3.88. The van der Waals surface area contributed by atoms with Gasteiger partial charge >= 0.3 is 5.82 Å². The van der Waals surface area contributed by atoms with E-state index in [1.165, 1.54) is 10.1 Å². The van der Waals surface area contributed by atoms with Crippen LogP contribution in [0, 0.1) is 37.8 Å². The highest BCUT2D eigenvalue weighted by Crippen LogP contribution is 2.14. The van der Waals surface area contributed by atoms with Gasteiger partial charge in [-0.25, -0.2) is 15.0 Å². The average molecular weight is 329 g/mol. The molecule has 0 aliphatic heterocycles. The second-order valence-electron chi connectivity index (χ2n) is 5.58. The summed E-state index contributed by atoms with van der Waals surface area (Å²) in [6.07, 6.45) is 2.68. The van der Waals surface area contributed by atoms with E-state index in [-0.39, 0.29) is 12.4 Å². The average Bonchev–Trinajstić information content (AvgIpc) is 2.86. The van der Waals surface area contributed by atoms with E-state index in [2.05, 4.69) is 15.5 Å². The van der Waals surface area contributed by atoms with E-state index in [1.54, 1.807) is 13.1 Å². The quantitative estimate of drug-likeness (QED) is 0.516. The van der Waals surface area contributed by atoms with E-state index in [4.69, 9.17) is 0 Å². The van der Waals surface area contributed by atoms with Crippen LogP contribution in [0.25, 0.3) is 0 Å². The molecular weight excluding hydrogens is 310 g/mol. The Labute approximate surface area is 139 Å². The van der Waals surface area contributed by atoms with Crippen LogP contribution in [0.15, 0.2) is 23.4 Å². The van der Waals surface area contributed by atoms with Gasteiger partial charge in [-0.2, -0.15) is 5.10 Å². The zero-order chi connectivity index (χ0) is 17.9. The molecule has 1 aromatic heterocycles. The van der Waals surface area contributed by atoms with Crippen LogP contribution in [0.1, 0.15) is 28.1 Å². The molecular formula is C16H19N5O3. The highest BCUT2D eigenvalue weighted by molar-refractivity contribution is 5.83. The number of rotatable bonds is 5. The maximum Gasteiger partial charge on any atom is 0.343 e. The van der Waals surface area contributed by atoms with Crippen molar-refractivity contribution in [3.63, 3.8) is 0 Å². The molecule has 8 heteroatoms. The summed E-state index contributed by atoms with van der Waals surface area (Å²) < 4.78 is 1.23. The Kier molecular flexibility index (Phi) is 5.08. The number of aromatic nitrogens is 2. The largest absolute Gasteiger partial charge is 0.358 e. The van der Waals surface area contributed by atoms with Crippen molar-refractivity contribution in [1.82, 2.24) is 15.0 Å². The minimum absolute atomic E-state index is 0.217. The number of hydrazone groups is 1. The minimum Gasteiger partial charge on any atom is -0.358 e. The van der Waals surface area contributed by atoms with Crippen LogP contribution in [0.5, 0.6) is 0 Å². The van der Waals surface area contributed by atoms with Gasteiger partial charge < -0.3 is 10.1 Å². The number of imidazole rings is 1. The van der Waals surface area contributed by atoms with Gasteiger partial charge in [0.25, 0.3) is 5.91 Å². The second-order valence-corrected chi connectivity index (χ2v) is 5.58. The van der Waals surface area contributed by atoms with Gasteiger partial charge in [-0.1, -0.05) is 12.1 Å². The van der Waals surface area contributed by atoms with Gasteiger partial charge in [0.15, 0.2) is 12.4 Å². The van der Waals surface area contributed by atoms with E-state index in [0.29, 0.717) is 5.82 Å². The Morgan fingerprint density at radius 1 is 1.33 bits per heavy atom. The third-order valence-corrected chi connectivity index (χ3v) is 3.88. The molecule has 8 nitrogen and oxygen atoms in total. The van der Waals surface area contributed by atoms with Crippen LogP contribution >= 0.6 is 0 Å². The van der Waals surface area contributed by atoms with E-state index >= 15 is 0 Å². The molecule has 0 unspecified atom stereocenters. The predicted molar refractivity (Wildman–Crippen MR) is 90.0 cm³/mol. The molecule has 2 rings (SSSR count). The number of hydrogen-bond acceptors (Lipinski definition) is 5. The summed E-state index contributed by atoms with van der Waals surface area (Å²) in [6, 6.07) is 3.95. The molecule has 0 spiro atoms. The lowest BCUT2D eigenvalue weighted by Crippen LogP contribution is -2.24. The number of carbonyl (C=O) groups excluding carboxylic acids is 1. The van der Waals surface area contributed by atoms with Crippen LogP contribution in [-0.2, 0) is 11.3 Å². The van der Waals surface area contributed by atoms with Crippen LogP contribution in [-0.4, -0.2) is 26.6 Å². The fraction of sp³-hybridized carbons (Fsp3) is 0.312. The van der Waals surface area contributed by atoms with Gasteiger partial charge in [-0.15, -0.1) is 0 Å². The first-order chi connectivity index (χ1) is 11.3. The number of nitrogens with zero attached hydrogens (tertiary/aromatic N) is 4. The summed E-state index contributed by atoms with van der Waals surface area (Å²) in [7, 11) is 0. The van der Waals surface area contributed by atoms with Gasteiger partial charge in [-0.05, 0) is 47.9 Å². The molecule has 1 aromatic carbocycles. The first-order valence-electron chi connectivity index (χ1n) is 7.36. The van der Waals surface area contributed by atoms with Gasteiger partial charge in [0, 0.05) is 6.92 Å². The van der Waals surface area contributed by atoms with Crippen molar-refractivity contribution in [1.29, 1.82) is 0 Å². The highest BCUT2D eigenvalue weighted by atomic mass is 16.6. The zero-order valence-corrected chi connectivity index (χ0v) is 14.0. The summed E-state index contributed by atoms with van der Waals surface area (Å²) >= 11 is 0. The number of hydrogen-bond donors (Lipinski definition) is 1. The molecule has 2 aromatic rings. The summed E-state index contributed by atoms with van der Waals surface area (Å²) in [4.78, 5) is 26.1. The molecule has 0 radical (unpaired) electrons. The predicted octanol–water partition coefficient (Wildman–Crippen LogP) is 2.18. The molecule has 0 saturated heterocycles. The first-order valence-corrected chi connectivity index (χ1v) is 7.36. The molecule has 0 atom stereocenters. The highest BCUT2D eigenvalue weighted by Gasteiger charge is 2.19. The van der Waals surface area contributed by atoms with Crippen molar-refractivity contribution in [2.45, 2.75) is 34.2 Å². The molecule has 0 fully saturated rings. The van der Waals surface area contributed by atoms with Crippen molar-refractivity contribution >= 4 is 17.9 Å². The van der Waals surface area contributed by atoms with Crippen molar-refractivity contribution in [3.05, 3.63) is 56.5 Å². The van der Waals surface area contributed by atoms with Crippen molar-refractivity contribution in [2.75, 3.05) is 0 Å². The number of nitrogens with one attached hydrogen (secondary N) is 1. The topological polar surface area (TPSA) is 102 Å². The summed E-state index contributed by atoms with van der Waals surface area (Å²) in [5.41, 5.74) is 6.76. The summed E-state index contributed by atoms with van der Waals surface area (Å²) in [5, 5.41) is 14.8. The Hall–Kier alpha value is -3.03. The molecule has 1 amide bonds. The molecule has 0 saturated carbocycles. The Bertz CT molecular complexity index is 800. The number of aryl methyl sites for hydroxylation is 3. The lowest BCUT2D eigenvalue weighted by molar-refractivity contribution is -0.392. The second kappa shape index (κ2) is 7.03. The zero-order valence-electron chi connectivity index (χ0n) is 14.0. The van der Waals surface area contributed by atoms with Crippen molar-refractivity contribution in [3.8, 4) is 0 Å². The van der Waals surface area contributed by atoms with E-state index in [0.717, 1.165) is 22.9 Å². The monoisotopic (exact) mass is 329 g/mol. The Morgan fingerprint density at radius 2 is 1.96 bits per heavy atom. The Balaban J connectivity index is 2.04. The first kappa shape index (κ1) is 17.3. The van der Waals surface area contributed by atoms with Crippen LogP contribution in [0.4, 0.5) is 5.82 Å². The lowest BCUT2D eigenvalue weighted by Gasteiger charge is -2.06. The smallest absolute Gasteiger partial charge is 0.343 e. The molecule has 0 bridgehead atoms. The molecule has 1 N–H and O–H groups in total. The van der Waals surface area contributed by atoms with Gasteiger partial charge in [-0.3, -0.25) is 4.79 Å². The normalized spacial score (nSPS) is 11.0. The Morgan fingerprint density at radius 3 is 2.54 bits per heavy atom. The van der Waals surface area contributed by atoms with Crippen LogP contribution in [0.3, 0.4) is 0 Å². The van der Waals surface area contributed by atoms with Crippen molar-refractivity contribution < 1.29 is 9.72 Å². The van der Waals surface area contributed by atoms with E-state index in [9.17, 15) is 14.9 Å². The fourth-order valence-electron chi connectivity index (χ4n) is 2.30. The fourth-order valence-corrected chi connectivity index (χ4v) is 2.30. The number of nitro groups is 1. The van der Waals surface area contributed by atoms with Gasteiger partial charge in [0.05, 0.1) is 6.21 Å². The molecule has 1 heterocycles. The van der Waals surface area contributed by atoms with Gasteiger partial charge in [0.1, 0.15) is 6.20 Å². The van der Waals surface area contributed by atoms with E-state index < -0.39 is 10.8 Å². The summed E-state index contributed by atoms with van der Waals surface area (Å²) in [5.74, 6) is -0.293. The molecule has 0 aliphatic rings. The molecule has 24 heavy (non-hydrogen) atoms. The van der Waals surface area contributed by atoms with Gasteiger partial charge in [0.2, 0.25) is 0 Å². The van der Waals surface area contributed by atoms with E-state index in [1.807, 2.05) is 32.9 Å². The lowest BCUT2D eigenvalue weighted by atomic mass is 10.0. The van der Waals surface area contributed by atoms with Crippen LogP contribution in [0.2, 0.25) is 0 Å². The molecule has 126 valence electrons. The van der Waals surface area contributed by atoms with Crippen LogP contribution < -0.4 is 5.43 Å². The maximum absolute atomic E-state index is 11.9. The third kappa shape index (κ3) is 3.83. The number of carbonyl (C=O) groups is 1. The minimum atomic E-state index is -0.575. The molecule has 0 aliphatic carbocycles. The number of amides is 1. The standard InChI is InChI=1S/C16H19N5O3/c1-10-5-14(6-11(2)12(10)3)7-18-19-15(22)9-20-13(4)17-8-16(20)21(23)24/h5-8H,9H2,1-4H3,(H,19,22)/b18-7+. The number of benzene rings is 1. The SMILES string of the molecule is Cc1cc(/C=N/NC(=O)Cn2c([N+](=O)[O-])cnc2C)cc(C)c1C. The maximum atomic E-state index is 11.9.